The molecule has 27 heavy (non-hydrogen) atoms. The molecule has 1 fully saturated rings. The summed E-state index contributed by atoms with van der Waals surface area (Å²) in [5, 5.41) is 10.2. The molecule has 1 aliphatic heterocycles. The maximum absolute atomic E-state index is 4.62. The molecule has 2 N–H and O–H groups in total. The van der Waals surface area contributed by atoms with Gasteiger partial charge in [0.2, 0.25) is 0 Å². The monoisotopic (exact) mass is 360 g/mol. The molecule has 0 atom stereocenters. The highest BCUT2D eigenvalue weighted by Crippen LogP contribution is 2.25. The Hall–Kier alpha value is -3.42. The Balaban J connectivity index is 1.42. The van der Waals surface area contributed by atoms with Gasteiger partial charge in [0, 0.05) is 37.2 Å². The minimum absolute atomic E-state index is 0.694. The van der Waals surface area contributed by atoms with E-state index in [2.05, 4.69) is 41.4 Å². The number of H-pyrrole nitrogens is 1. The zero-order valence-corrected chi connectivity index (χ0v) is 14.8. The molecule has 8 nitrogen and oxygen atoms in total. The van der Waals surface area contributed by atoms with Gasteiger partial charge in [0.25, 0.3) is 0 Å². The summed E-state index contributed by atoms with van der Waals surface area (Å²) in [4.78, 5) is 16.0. The summed E-state index contributed by atoms with van der Waals surface area (Å²) in [6, 6.07) is 4.11. The predicted molar refractivity (Wildman–Crippen MR) is 104 cm³/mol. The molecule has 5 rings (SSSR count). The van der Waals surface area contributed by atoms with Crippen LogP contribution in [0, 0.1) is 0 Å². The van der Waals surface area contributed by atoms with Gasteiger partial charge in [-0.25, -0.2) is 15.0 Å². The summed E-state index contributed by atoms with van der Waals surface area (Å²) in [6.45, 7) is 2.18. The number of hydrogen-bond acceptors (Lipinski definition) is 6. The number of aromatic nitrogens is 6. The van der Waals surface area contributed by atoms with Crippen LogP contribution in [0.15, 0.2) is 49.3 Å². The molecule has 0 spiro atoms. The van der Waals surface area contributed by atoms with Gasteiger partial charge in [0.1, 0.15) is 5.82 Å². The standard InChI is InChI=1S/C19H20N8/c1-2-7-26(8-3-1)17-5-4-15(12-21-17)25-18-19-20-6-9-27(19)16(13-22-18)14-10-23-24-11-14/h4-6,9-13H,1-3,7-8H2,(H,22,25)(H,23,24). The Morgan fingerprint density at radius 3 is 2.67 bits per heavy atom. The van der Waals surface area contributed by atoms with Gasteiger partial charge in [-0.3, -0.25) is 9.50 Å². The summed E-state index contributed by atoms with van der Waals surface area (Å²) >= 11 is 0. The number of hydrogen-bond donors (Lipinski definition) is 2. The topological polar surface area (TPSA) is 87.0 Å². The van der Waals surface area contributed by atoms with Crippen molar-refractivity contribution in [3.63, 3.8) is 0 Å². The van der Waals surface area contributed by atoms with Crippen LogP contribution in [-0.4, -0.2) is 42.6 Å². The first-order valence-electron chi connectivity index (χ1n) is 9.18. The first kappa shape index (κ1) is 15.8. The van der Waals surface area contributed by atoms with Gasteiger partial charge < -0.3 is 10.2 Å². The number of nitrogens with zero attached hydrogens (tertiary/aromatic N) is 6. The highest BCUT2D eigenvalue weighted by atomic mass is 15.2. The minimum atomic E-state index is 0.694. The van der Waals surface area contributed by atoms with E-state index < -0.39 is 0 Å². The zero-order chi connectivity index (χ0) is 18.1. The van der Waals surface area contributed by atoms with Gasteiger partial charge in [-0.1, -0.05) is 0 Å². The van der Waals surface area contributed by atoms with E-state index in [1.807, 2.05) is 35.3 Å². The first-order valence-corrected chi connectivity index (χ1v) is 9.18. The lowest BCUT2D eigenvalue weighted by atomic mass is 10.1. The molecule has 0 radical (unpaired) electrons. The highest BCUT2D eigenvalue weighted by molar-refractivity contribution is 5.73. The van der Waals surface area contributed by atoms with E-state index in [0.29, 0.717) is 5.82 Å². The molecule has 0 amide bonds. The number of nitrogens with one attached hydrogen (secondary N) is 2. The van der Waals surface area contributed by atoms with Gasteiger partial charge in [-0.15, -0.1) is 0 Å². The third-order valence-corrected chi connectivity index (χ3v) is 4.91. The maximum Gasteiger partial charge on any atom is 0.180 e. The summed E-state index contributed by atoms with van der Waals surface area (Å²) < 4.78 is 2.00. The van der Waals surface area contributed by atoms with Crippen LogP contribution in [0.1, 0.15) is 19.3 Å². The Morgan fingerprint density at radius 1 is 0.963 bits per heavy atom. The van der Waals surface area contributed by atoms with E-state index >= 15 is 0 Å². The van der Waals surface area contributed by atoms with Crippen LogP contribution in [0.4, 0.5) is 17.3 Å². The van der Waals surface area contributed by atoms with Gasteiger partial charge >= 0.3 is 0 Å². The average Bonchev–Trinajstić information content (AvgIpc) is 3.42. The second-order valence-electron chi connectivity index (χ2n) is 6.68. The Morgan fingerprint density at radius 2 is 1.89 bits per heavy atom. The number of piperidine rings is 1. The summed E-state index contributed by atoms with van der Waals surface area (Å²) in [5.74, 6) is 1.73. The van der Waals surface area contributed by atoms with Crippen molar-refractivity contribution in [3.05, 3.63) is 49.3 Å². The van der Waals surface area contributed by atoms with Crippen molar-refractivity contribution in [2.24, 2.45) is 0 Å². The molecule has 0 aliphatic carbocycles. The number of rotatable bonds is 4. The predicted octanol–water partition coefficient (Wildman–Crippen LogP) is 3.25. The molecule has 0 unspecified atom stereocenters. The molecule has 0 saturated carbocycles. The fourth-order valence-electron chi connectivity index (χ4n) is 3.52. The second-order valence-corrected chi connectivity index (χ2v) is 6.68. The smallest absolute Gasteiger partial charge is 0.180 e. The van der Waals surface area contributed by atoms with Gasteiger partial charge in [0.05, 0.1) is 30.0 Å². The molecule has 4 aromatic heterocycles. The molecule has 0 bridgehead atoms. The van der Waals surface area contributed by atoms with Crippen LogP contribution in [0.3, 0.4) is 0 Å². The summed E-state index contributed by atoms with van der Waals surface area (Å²) in [5.41, 5.74) is 3.54. The second kappa shape index (κ2) is 6.71. The zero-order valence-electron chi connectivity index (χ0n) is 14.8. The van der Waals surface area contributed by atoms with E-state index in [1.54, 1.807) is 12.4 Å². The summed E-state index contributed by atoms with van der Waals surface area (Å²) in [6.07, 6.45) is 14.8. The minimum Gasteiger partial charge on any atom is -0.357 e. The third-order valence-electron chi connectivity index (χ3n) is 4.91. The van der Waals surface area contributed by atoms with E-state index in [-0.39, 0.29) is 0 Å². The SMILES string of the molecule is c1cn2c(-c3cn[nH]c3)cnc(Nc3ccc(N4CCCCC4)nc3)c2n1. The molecule has 8 heteroatoms. The number of aromatic amines is 1. The Bertz CT molecular complexity index is 1030. The maximum atomic E-state index is 4.62. The van der Waals surface area contributed by atoms with Crippen LogP contribution in [0.2, 0.25) is 0 Å². The van der Waals surface area contributed by atoms with Crippen LogP contribution >= 0.6 is 0 Å². The van der Waals surface area contributed by atoms with Gasteiger partial charge in [0.15, 0.2) is 11.5 Å². The number of anilines is 3. The van der Waals surface area contributed by atoms with Crippen molar-refractivity contribution in [2.75, 3.05) is 23.3 Å². The third kappa shape index (κ3) is 2.99. The summed E-state index contributed by atoms with van der Waals surface area (Å²) in [7, 11) is 0. The molecule has 5 heterocycles. The normalized spacial score (nSPS) is 14.6. The molecular weight excluding hydrogens is 340 g/mol. The van der Waals surface area contributed by atoms with Crippen LogP contribution in [0.25, 0.3) is 16.9 Å². The average molecular weight is 360 g/mol. The lowest BCUT2D eigenvalue weighted by Crippen LogP contribution is -2.29. The van der Waals surface area contributed by atoms with Crippen molar-refractivity contribution in [1.82, 2.24) is 29.5 Å². The van der Waals surface area contributed by atoms with E-state index in [1.165, 1.54) is 19.3 Å². The first-order chi connectivity index (χ1) is 13.4. The fraction of sp³-hybridized carbons (Fsp3) is 0.263. The van der Waals surface area contributed by atoms with E-state index in [4.69, 9.17) is 0 Å². The van der Waals surface area contributed by atoms with Crippen LogP contribution in [0.5, 0.6) is 0 Å². The fourth-order valence-corrected chi connectivity index (χ4v) is 3.52. The number of pyridine rings is 1. The van der Waals surface area contributed by atoms with Crippen molar-refractivity contribution in [2.45, 2.75) is 19.3 Å². The van der Waals surface area contributed by atoms with Gasteiger partial charge in [-0.05, 0) is 31.4 Å². The van der Waals surface area contributed by atoms with E-state index in [0.717, 1.165) is 41.5 Å². The van der Waals surface area contributed by atoms with Crippen LogP contribution < -0.4 is 10.2 Å². The van der Waals surface area contributed by atoms with E-state index in [9.17, 15) is 0 Å². The van der Waals surface area contributed by atoms with Crippen molar-refractivity contribution in [3.8, 4) is 11.3 Å². The van der Waals surface area contributed by atoms with Crippen LogP contribution in [-0.2, 0) is 0 Å². The Kier molecular flexibility index (Phi) is 3.93. The quantitative estimate of drug-likeness (QED) is 0.581. The lowest BCUT2D eigenvalue weighted by Gasteiger charge is -2.27. The van der Waals surface area contributed by atoms with Crippen molar-refractivity contribution < 1.29 is 0 Å². The van der Waals surface area contributed by atoms with Crippen molar-refractivity contribution >= 4 is 23.0 Å². The molecule has 1 aliphatic rings. The van der Waals surface area contributed by atoms with Crippen molar-refractivity contribution in [1.29, 1.82) is 0 Å². The molecule has 1 saturated heterocycles. The number of fused-ring (bicyclic) bond motifs is 1. The largest absolute Gasteiger partial charge is 0.357 e. The van der Waals surface area contributed by atoms with Gasteiger partial charge in [-0.2, -0.15) is 5.10 Å². The molecule has 136 valence electrons. The molecule has 4 aromatic rings. The Labute approximate surface area is 156 Å². The highest BCUT2D eigenvalue weighted by Gasteiger charge is 2.13. The molecule has 0 aromatic carbocycles. The molecular formula is C19H20N8. The lowest BCUT2D eigenvalue weighted by molar-refractivity contribution is 0.573. The number of imidazole rings is 1.